The number of nitrogens with one attached hydrogen (secondary N) is 1. The van der Waals surface area contributed by atoms with Crippen molar-refractivity contribution < 1.29 is 9.90 Å². The average molecular weight is 428 g/mol. The number of nitrogens with two attached hydrogens (primary N) is 1. The Hall–Kier alpha value is -2.64. The molecule has 3 rings (SSSR count). The van der Waals surface area contributed by atoms with Crippen LogP contribution < -0.4 is 10.6 Å². The maximum atomic E-state index is 13.0. The third kappa shape index (κ3) is 5.49. The van der Waals surface area contributed by atoms with E-state index < -0.39 is 6.04 Å². The molecule has 0 aliphatic rings. The van der Waals surface area contributed by atoms with Gasteiger partial charge in [-0.25, -0.2) is 0 Å². The summed E-state index contributed by atoms with van der Waals surface area (Å²) in [6.07, 6.45) is 3.96. The first-order chi connectivity index (χ1) is 14.5. The van der Waals surface area contributed by atoms with Crippen molar-refractivity contribution >= 4 is 27.5 Å². The maximum absolute atomic E-state index is 13.0. The van der Waals surface area contributed by atoms with Crippen molar-refractivity contribution in [2.45, 2.75) is 45.1 Å². The van der Waals surface area contributed by atoms with Crippen molar-refractivity contribution in [2.24, 2.45) is 5.73 Å². The number of phenolic OH excluding ortho intramolecular Hbond substituents is 1. The van der Waals surface area contributed by atoms with Crippen LogP contribution in [0.15, 0.2) is 47.3 Å². The minimum atomic E-state index is -0.496. The summed E-state index contributed by atoms with van der Waals surface area (Å²) in [6.45, 7) is 3.19. The number of rotatable bonds is 10. The van der Waals surface area contributed by atoms with Crippen LogP contribution in [0.3, 0.4) is 0 Å². The number of hydrogen-bond donors (Lipinski definition) is 3. The zero-order chi connectivity index (χ0) is 21.5. The maximum Gasteiger partial charge on any atom is 0.305 e. The number of H-pyrrole nitrogens is 1. The number of phenols is 1. The van der Waals surface area contributed by atoms with Crippen LogP contribution in [0.4, 0.5) is 0 Å². The van der Waals surface area contributed by atoms with Gasteiger partial charge in [-0.1, -0.05) is 67.5 Å². The molecule has 0 saturated carbocycles. The number of aromatic hydroxyl groups is 1. The summed E-state index contributed by atoms with van der Waals surface area (Å²) in [7, 11) is 0. The Balaban J connectivity index is 1.75. The predicted octanol–water partition coefficient (Wildman–Crippen LogP) is 3.43. The topological polar surface area (TPSA) is 99.4 Å². The molecule has 0 bridgehead atoms. The second-order valence-electron chi connectivity index (χ2n) is 7.52. The first kappa shape index (κ1) is 22.1. The smallest absolute Gasteiger partial charge is 0.305 e. The summed E-state index contributed by atoms with van der Waals surface area (Å²) < 4.78 is 0.741. The third-order valence-electron chi connectivity index (χ3n) is 5.30. The van der Waals surface area contributed by atoms with Gasteiger partial charge in [0, 0.05) is 13.1 Å². The lowest BCUT2D eigenvalue weighted by Gasteiger charge is -2.26. The van der Waals surface area contributed by atoms with Crippen molar-refractivity contribution in [3.8, 4) is 5.75 Å². The number of unbranched alkanes of at least 4 members (excludes halogenated alkanes) is 1. The summed E-state index contributed by atoms with van der Waals surface area (Å²) in [5.74, 6) is 0.0300. The Kier molecular flexibility index (Phi) is 7.65. The normalized spacial score (nSPS) is 12.2. The van der Waals surface area contributed by atoms with Crippen LogP contribution in [0.25, 0.3) is 10.2 Å². The van der Waals surface area contributed by atoms with Gasteiger partial charge in [-0.15, -0.1) is 0 Å². The minimum absolute atomic E-state index is 0.0309. The number of aromatic amines is 1. The lowest BCUT2D eigenvalue weighted by Crippen LogP contribution is -2.45. The van der Waals surface area contributed by atoms with E-state index in [1.54, 1.807) is 6.07 Å². The molecular weight excluding hydrogens is 398 g/mol. The van der Waals surface area contributed by atoms with Gasteiger partial charge in [-0.05, 0) is 36.5 Å². The predicted molar refractivity (Wildman–Crippen MR) is 122 cm³/mol. The standard InChI is InChI=1S/C23H29N3O3S/c1-2-3-9-18(24)22(28)26(14-12-16-7-5-4-6-8-16)15-13-17-10-11-19(27)20-21(17)30-23(29)25-20/h4-8,10-11,18,27H,2-3,9,12-15,24H2,1H3,(H,25,29). The zero-order valence-corrected chi connectivity index (χ0v) is 18.1. The molecule has 0 radical (unpaired) electrons. The van der Waals surface area contributed by atoms with E-state index >= 15 is 0 Å². The molecular formula is C23H29N3O3S. The highest BCUT2D eigenvalue weighted by molar-refractivity contribution is 7.16. The number of amides is 1. The lowest BCUT2D eigenvalue weighted by atomic mass is 10.1. The van der Waals surface area contributed by atoms with Crippen LogP contribution >= 0.6 is 11.3 Å². The van der Waals surface area contributed by atoms with Crippen molar-refractivity contribution in [3.63, 3.8) is 0 Å². The van der Waals surface area contributed by atoms with E-state index in [0.29, 0.717) is 31.4 Å². The lowest BCUT2D eigenvalue weighted by molar-refractivity contribution is -0.132. The Morgan fingerprint density at radius 2 is 1.90 bits per heavy atom. The van der Waals surface area contributed by atoms with Crippen LogP contribution in [-0.4, -0.2) is 40.0 Å². The number of nitrogens with zero attached hydrogens (tertiary/aromatic N) is 1. The molecule has 0 saturated heterocycles. The number of benzene rings is 2. The molecule has 30 heavy (non-hydrogen) atoms. The molecule has 160 valence electrons. The monoisotopic (exact) mass is 427 g/mol. The van der Waals surface area contributed by atoms with E-state index in [-0.39, 0.29) is 16.5 Å². The molecule has 3 aromatic rings. The van der Waals surface area contributed by atoms with Crippen LogP contribution in [0.2, 0.25) is 0 Å². The number of thiazole rings is 1. The fourth-order valence-electron chi connectivity index (χ4n) is 3.55. The van der Waals surface area contributed by atoms with Crippen LogP contribution in [0.1, 0.15) is 37.3 Å². The van der Waals surface area contributed by atoms with Gasteiger partial charge in [-0.2, -0.15) is 0 Å². The Morgan fingerprint density at radius 3 is 2.63 bits per heavy atom. The van der Waals surface area contributed by atoms with Crippen LogP contribution in [0.5, 0.6) is 5.75 Å². The summed E-state index contributed by atoms with van der Waals surface area (Å²) in [5.41, 5.74) is 8.76. The molecule has 0 aliphatic carbocycles. The highest BCUT2D eigenvalue weighted by Gasteiger charge is 2.21. The second kappa shape index (κ2) is 10.4. The van der Waals surface area contributed by atoms with E-state index in [4.69, 9.17) is 5.73 Å². The van der Waals surface area contributed by atoms with E-state index in [2.05, 4.69) is 24.0 Å². The molecule has 0 aliphatic heterocycles. The van der Waals surface area contributed by atoms with Crippen molar-refractivity contribution in [3.05, 3.63) is 63.3 Å². The van der Waals surface area contributed by atoms with Crippen molar-refractivity contribution in [1.29, 1.82) is 0 Å². The van der Waals surface area contributed by atoms with E-state index in [9.17, 15) is 14.7 Å². The molecule has 1 amide bonds. The zero-order valence-electron chi connectivity index (χ0n) is 17.3. The summed E-state index contributed by atoms with van der Waals surface area (Å²) in [4.78, 5) is 29.1. The SMILES string of the molecule is CCCCC(N)C(=O)N(CCc1ccccc1)CCc1ccc(O)c2[nH]c(=O)sc12. The average Bonchev–Trinajstić information content (AvgIpc) is 3.16. The van der Waals surface area contributed by atoms with Crippen molar-refractivity contribution in [2.75, 3.05) is 13.1 Å². The number of aromatic nitrogens is 1. The molecule has 2 aromatic carbocycles. The molecule has 1 atom stereocenters. The van der Waals surface area contributed by atoms with Gasteiger partial charge in [0.05, 0.1) is 10.7 Å². The van der Waals surface area contributed by atoms with Gasteiger partial charge in [0.25, 0.3) is 0 Å². The molecule has 0 fully saturated rings. The molecule has 4 N–H and O–H groups in total. The van der Waals surface area contributed by atoms with Gasteiger partial charge < -0.3 is 20.7 Å². The first-order valence-corrected chi connectivity index (χ1v) is 11.2. The van der Waals surface area contributed by atoms with Gasteiger partial charge in [0.15, 0.2) is 0 Å². The molecule has 0 spiro atoms. The largest absolute Gasteiger partial charge is 0.506 e. The quantitative estimate of drug-likeness (QED) is 0.462. The Morgan fingerprint density at radius 1 is 1.17 bits per heavy atom. The molecule has 1 aromatic heterocycles. The fraction of sp³-hybridized carbons (Fsp3) is 0.391. The highest BCUT2D eigenvalue weighted by Crippen LogP contribution is 2.28. The van der Waals surface area contributed by atoms with E-state index in [0.717, 1.165) is 40.9 Å². The summed E-state index contributed by atoms with van der Waals surface area (Å²) in [5, 5.41) is 10.00. The highest BCUT2D eigenvalue weighted by atomic mass is 32.1. The van der Waals surface area contributed by atoms with Crippen LogP contribution in [0, 0.1) is 0 Å². The third-order valence-corrected chi connectivity index (χ3v) is 6.26. The minimum Gasteiger partial charge on any atom is -0.506 e. The van der Waals surface area contributed by atoms with Gasteiger partial charge in [0.2, 0.25) is 5.91 Å². The van der Waals surface area contributed by atoms with Gasteiger partial charge in [0.1, 0.15) is 11.3 Å². The molecule has 1 unspecified atom stereocenters. The van der Waals surface area contributed by atoms with Crippen LogP contribution in [-0.2, 0) is 17.6 Å². The summed E-state index contributed by atoms with van der Waals surface area (Å²) >= 11 is 1.08. The second-order valence-corrected chi connectivity index (χ2v) is 8.51. The Labute approximate surface area is 180 Å². The number of carbonyl (C=O) groups excluding carboxylic acids is 1. The molecule has 6 nitrogen and oxygen atoms in total. The van der Waals surface area contributed by atoms with Gasteiger partial charge in [-0.3, -0.25) is 9.59 Å². The Bertz CT molecular complexity index is 1030. The fourth-order valence-corrected chi connectivity index (χ4v) is 4.45. The first-order valence-electron chi connectivity index (χ1n) is 10.4. The van der Waals surface area contributed by atoms with Crippen molar-refractivity contribution in [1.82, 2.24) is 9.88 Å². The molecule has 1 heterocycles. The van der Waals surface area contributed by atoms with E-state index in [1.165, 1.54) is 5.56 Å². The number of carbonyl (C=O) groups is 1. The van der Waals surface area contributed by atoms with E-state index in [1.807, 2.05) is 29.2 Å². The number of hydrogen-bond acceptors (Lipinski definition) is 5. The summed E-state index contributed by atoms with van der Waals surface area (Å²) in [6, 6.07) is 13.0. The molecule has 7 heteroatoms. The number of fused-ring (bicyclic) bond motifs is 1. The van der Waals surface area contributed by atoms with Gasteiger partial charge >= 0.3 is 4.87 Å².